The van der Waals surface area contributed by atoms with Crippen molar-refractivity contribution in [3.8, 4) is 5.75 Å². The Labute approximate surface area is 178 Å². The van der Waals surface area contributed by atoms with Gasteiger partial charge in [0, 0.05) is 10.9 Å². The number of benzene rings is 2. The highest BCUT2D eigenvalue weighted by Crippen LogP contribution is 2.43. The molecule has 2 rings (SSSR count). The highest BCUT2D eigenvalue weighted by molar-refractivity contribution is 7.88. The lowest BCUT2D eigenvalue weighted by Crippen LogP contribution is -2.31. The minimum absolute atomic E-state index is 0.145. The number of aryl methyl sites for hydroxylation is 1. The summed E-state index contributed by atoms with van der Waals surface area (Å²) in [7, 11) is -6.34. The van der Waals surface area contributed by atoms with Gasteiger partial charge in [-0.15, -0.1) is 0 Å². The van der Waals surface area contributed by atoms with Gasteiger partial charge in [0.1, 0.15) is 5.82 Å². The smallest absolute Gasteiger partial charge is 0.479 e. The van der Waals surface area contributed by atoms with E-state index in [1.165, 1.54) is 27.7 Å². The molecular weight excluding hydrogens is 470 g/mol. The molecule has 178 valence electrons. The third kappa shape index (κ3) is 5.26. The normalized spacial score (nSPS) is 14.1. The van der Waals surface area contributed by atoms with Crippen molar-refractivity contribution in [3.63, 3.8) is 0 Å². The number of hydrogen-bond acceptors (Lipinski definition) is 5. The summed E-state index contributed by atoms with van der Waals surface area (Å²) in [5.74, 6) is -4.45. The maximum atomic E-state index is 14.2. The molecule has 0 heterocycles. The van der Waals surface area contributed by atoms with Crippen LogP contribution in [-0.4, -0.2) is 30.6 Å². The van der Waals surface area contributed by atoms with E-state index in [1.54, 1.807) is 0 Å². The summed E-state index contributed by atoms with van der Waals surface area (Å²) in [5, 5.41) is 8.66. The van der Waals surface area contributed by atoms with Crippen LogP contribution >= 0.6 is 0 Å². The van der Waals surface area contributed by atoms with Crippen LogP contribution in [0.3, 0.4) is 0 Å². The zero-order chi connectivity index (χ0) is 24.8. The zero-order valence-corrected chi connectivity index (χ0v) is 17.9. The third-order valence-corrected chi connectivity index (χ3v) is 5.08. The van der Waals surface area contributed by atoms with Crippen LogP contribution in [0.2, 0.25) is 0 Å². The fourth-order valence-electron chi connectivity index (χ4n) is 2.89. The Morgan fingerprint density at radius 1 is 1.09 bits per heavy atom. The highest BCUT2D eigenvalue weighted by atomic mass is 32.2. The van der Waals surface area contributed by atoms with Crippen LogP contribution in [0.15, 0.2) is 18.2 Å². The van der Waals surface area contributed by atoms with E-state index in [1.807, 2.05) is 0 Å². The van der Waals surface area contributed by atoms with Crippen LogP contribution in [0.4, 0.5) is 26.3 Å². The predicted octanol–water partition coefficient (Wildman–Crippen LogP) is 5.39. The second-order valence-electron chi connectivity index (χ2n) is 7.76. The summed E-state index contributed by atoms with van der Waals surface area (Å²) >= 11 is 0. The molecule has 0 aliphatic carbocycles. The van der Waals surface area contributed by atoms with Gasteiger partial charge < -0.3 is 14.0 Å². The van der Waals surface area contributed by atoms with Crippen LogP contribution in [0.25, 0.3) is 10.8 Å². The summed E-state index contributed by atoms with van der Waals surface area (Å²) in [6.45, 7) is 5.48. The fourth-order valence-corrected chi connectivity index (χ4v) is 3.38. The molecule has 0 bridgehead atoms. The maximum Gasteiger partial charge on any atom is 0.534 e. The van der Waals surface area contributed by atoms with Gasteiger partial charge in [-0.1, -0.05) is 6.07 Å². The van der Waals surface area contributed by atoms with Crippen molar-refractivity contribution in [1.29, 1.82) is 0 Å². The van der Waals surface area contributed by atoms with Gasteiger partial charge in [-0.2, -0.15) is 21.6 Å². The monoisotopic (exact) mass is 488 g/mol. The fraction of sp³-hybridized carbons (Fsp3) is 0.421. The predicted molar refractivity (Wildman–Crippen MR) is 100 cm³/mol. The lowest BCUT2D eigenvalue weighted by Gasteiger charge is -2.28. The van der Waals surface area contributed by atoms with Crippen molar-refractivity contribution in [3.05, 3.63) is 40.7 Å². The van der Waals surface area contributed by atoms with Gasteiger partial charge in [0.2, 0.25) is 0 Å². The Morgan fingerprint density at radius 2 is 1.66 bits per heavy atom. The lowest BCUT2D eigenvalue weighted by molar-refractivity contribution is -0.160. The molecule has 32 heavy (non-hydrogen) atoms. The number of carboxylic acid groups (broad SMARTS) is 1. The molecule has 2 aromatic carbocycles. The molecule has 0 saturated carbocycles. The molecule has 0 spiro atoms. The molecular formula is C19H18F6O6S. The van der Waals surface area contributed by atoms with E-state index in [0.717, 1.165) is 6.07 Å². The Hall–Kier alpha value is -2.54. The third-order valence-electron chi connectivity index (χ3n) is 4.12. The second kappa shape index (κ2) is 8.43. The first-order valence-corrected chi connectivity index (χ1v) is 10.2. The minimum atomic E-state index is -6.34. The van der Waals surface area contributed by atoms with Gasteiger partial charge in [-0.05, 0) is 50.8 Å². The summed E-state index contributed by atoms with van der Waals surface area (Å²) < 4.78 is 112. The summed E-state index contributed by atoms with van der Waals surface area (Å²) in [5.41, 5.74) is -8.96. The molecule has 0 aromatic heterocycles. The number of alkyl halides is 5. The first-order valence-electron chi connectivity index (χ1n) is 8.82. The average molecular weight is 488 g/mol. The summed E-state index contributed by atoms with van der Waals surface area (Å²) in [4.78, 5) is 11.9. The van der Waals surface area contributed by atoms with E-state index in [4.69, 9.17) is 4.74 Å². The lowest BCUT2D eigenvalue weighted by atomic mass is 9.94. The van der Waals surface area contributed by atoms with E-state index < -0.39 is 67.8 Å². The van der Waals surface area contributed by atoms with Crippen LogP contribution in [0.5, 0.6) is 5.75 Å². The number of aliphatic carboxylic acids is 1. The Balaban J connectivity index is 2.98. The average Bonchev–Trinajstić information content (AvgIpc) is 2.58. The number of carboxylic acids is 1. The Kier molecular flexibility index (Phi) is 6.77. The van der Waals surface area contributed by atoms with Gasteiger partial charge in [0.15, 0.2) is 11.9 Å². The van der Waals surface area contributed by atoms with Crippen molar-refractivity contribution in [2.45, 2.75) is 51.3 Å². The van der Waals surface area contributed by atoms with E-state index in [9.17, 15) is 44.7 Å². The quantitative estimate of drug-likeness (QED) is 0.333. The van der Waals surface area contributed by atoms with Gasteiger partial charge in [0.25, 0.3) is 6.43 Å². The van der Waals surface area contributed by atoms with Crippen LogP contribution in [0.1, 0.15) is 50.0 Å². The molecule has 0 amide bonds. The zero-order valence-electron chi connectivity index (χ0n) is 17.1. The number of fused-ring (bicyclic) bond motifs is 1. The van der Waals surface area contributed by atoms with E-state index in [0.29, 0.717) is 12.1 Å². The van der Waals surface area contributed by atoms with Crippen LogP contribution in [0, 0.1) is 12.7 Å². The first kappa shape index (κ1) is 25.7. The SMILES string of the molecule is Cc1cc2cc(C(F)F)c(F)cc2c(OS(=O)(=O)C(F)(F)F)c1C(OC(C)(C)C)C(=O)O. The van der Waals surface area contributed by atoms with Crippen molar-refractivity contribution in [2.24, 2.45) is 0 Å². The molecule has 1 unspecified atom stereocenters. The second-order valence-corrected chi connectivity index (χ2v) is 9.30. The number of rotatable bonds is 6. The van der Waals surface area contributed by atoms with Gasteiger partial charge in [-0.25, -0.2) is 18.0 Å². The molecule has 0 saturated heterocycles. The molecule has 0 radical (unpaired) electrons. The van der Waals surface area contributed by atoms with Gasteiger partial charge in [0.05, 0.1) is 11.2 Å². The Morgan fingerprint density at radius 3 is 2.09 bits per heavy atom. The molecule has 0 aliphatic rings. The molecule has 1 atom stereocenters. The summed E-state index contributed by atoms with van der Waals surface area (Å²) in [6.07, 6.45) is -5.31. The first-order chi connectivity index (χ1) is 14.4. The minimum Gasteiger partial charge on any atom is -0.479 e. The number of carbonyl (C=O) groups is 1. The topological polar surface area (TPSA) is 89.9 Å². The maximum absolute atomic E-state index is 14.2. The Bertz CT molecular complexity index is 1150. The van der Waals surface area contributed by atoms with E-state index in [-0.39, 0.29) is 10.9 Å². The van der Waals surface area contributed by atoms with Crippen molar-refractivity contribution in [2.75, 3.05) is 0 Å². The molecule has 2 aromatic rings. The van der Waals surface area contributed by atoms with Gasteiger partial charge in [-0.3, -0.25) is 0 Å². The molecule has 1 N–H and O–H groups in total. The van der Waals surface area contributed by atoms with Crippen LogP contribution < -0.4 is 4.18 Å². The standard InChI is InChI=1S/C19H18F6O6S/c1-8-5-9-6-11(16(21)22)12(20)7-10(9)14(31-32(28,29)19(23,24)25)13(8)15(17(26)27)30-18(2,3)4/h5-7,15-16H,1-4H3,(H,26,27). The number of halogens is 6. The van der Waals surface area contributed by atoms with E-state index in [2.05, 4.69) is 4.18 Å². The van der Waals surface area contributed by atoms with Crippen molar-refractivity contribution in [1.82, 2.24) is 0 Å². The largest absolute Gasteiger partial charge is 0.534 e. The number of ether oxygens (including phenoxy) is 1. The summed E-state index contributed by atoms with van der Waals surface area (Å²) in [6, 6.07) is 2.06. The molecule has 0 aliphatic heterocycles. The molecule has 6 nitrogen and oxygen atoms in total. The van der Waals surface area contributed by atoms with E-state index >= 15 is 0 Å². The van der Waals surface area contributed by atoms with Crippen molar-refractivity contribution >= 4 is 26.9 Å². The van der Waals surface area contributed by atoms with Gasteiger partial charge >= 0.3 is 21.6 Å². The van der Waals surface area contributed by atoms with Crippen LogP contribution in [-0.2, 0) is 19.6 Å². The highest BCUT2D eigenvalue weighted by Gasteiger charge is 2.49. The number of hydrogen-bond donors (Lipinski definition) is 1. The van der Waals surface area contributed by atoms with Crippen molar-refractivity contribution < 1.29 is 53.6 Å². The molecule has 0 fully saturated rings. The molecule has 13 heteroatoms.